The average Bonchev–Trinajstić information content (AvgIpc) is 3.15. The summed E-state index contributed by atoms with van der Waals surface area (Å²) in [6.07, 6.45) is 1.63. The molecule has 0 atom stereocenters. The van der Waals surface area contributed by atoms with Crippen LogP contribution in [0.25, 0.3) is 0 Å². The summed E-state index contributed by atoms with van der Waals surface area (Å²) in [5, 5.41) is 10.8. The Kier molecular flexibility index (Phi) is 5.48. The molecule has 0 saturated heterocycles. The fraction of sp³-hybridized carbons (Fsp3) is 0.211. The van der Waals surface area contributed by atoms with Crippen LogP contribution in [0, 0.1) is 0 Å². The highest BCUT2D eigenvalue weighted by atomic mass is 16.5. The van der Waals surface area contributed by atoms with E-state index >= 15 is 0 Å². The van der Waals surface area contributed by atoms with Gasteiger partial charge in [-0.15, -0.1) is 5.10 Å². The van der Waals surface area contributed by atoms with Crippen LogP contribution in [-0.2, 0) is 13.1 Å². The molecule has 0 saturated carbocycles. The van der Waals surface area contributed by atoms with Gasteiger partial charge in [0.25, 0.3) is 5.91 Å². The summed E-state index contributed by atoms with van der Waals surface area (Å²) in [7, 11) is 3.17. The number of aromatic nitrogens is 3. The standard InChI is InChI=1S/C19H20N4O3/c1-25-16-9-8-15(18(10-16)26-2)11-20-19(24)17-13-23(22-21-17)12-14-6-4-3-5-7-14/h3-10,13H,11-12H2,1-2H3,(H,20,24). The Bertz CT molecular complexity index is 878. The van der Waals surface area contributed by atoms with E-state index in [9.17, 15) is 4.79 Å². The summed E-state index contributed by atoms with van der Waals surface area (Å²) in [6, 6.07) is 15.3. The highest BCUT2D eigenvalue weighted by Gasteiger charge is 2.12. The van der Waals surface area contributed by atoms with E-state index in [2.05, 4.69) is 15.6 Å². The first-order valence-corrected chi connectivity index (χ1v) is 8.12. The molecule has 1 heterocycles. The molecule has 134 valence electrons. The number of hydrogen-bond acceptors (Lipinski definition) is 5. The Hall–Kier alpha value is -3.35. The van der Waals surface area contributed by atoms with E-state index < -0.39 is 0 Å². The third kappa shape index (κ3) is 4.18. The fourth-order valence-corrected chi connectivity index (χ4v) is 2.51. The first kappa shape index (κ1) is 17.5. The molecular weight excluding hydrogens is 332 g/mol. The smallest absolute Gasteiger partial charge is 0.273 e. The van der Waals surface area contributed by atoms with Gasteiger partial charge in [0, 0.05) is 18.2 Å². The van der Waals surface area contributed by atoms with Gasteiger partial charge < -0.3 is 14.8 Å². The first-order chi connectivity index (χ1) is 12.7. The number of ether oxygens (including phenoxy) is 2. The molecule has 1 aromatic heterocycles. The van der Waals surface area contributed by atoms with Crippen molar-refractivity contribution in [1.82, 2.24) is 20.3 Å². The topological polar surface area (TPSA) is 78.3 Å². The number of carbonyl (C=O) groups excluding carboxylic acids is 1. The Balaban J connectivity index is 1.62. The molecule has 1 N–H and O–H groups in total. The lowest BCUT2D eigenvalue weighted by Gasteiger charge is -2.10. The Morgan fingerprint density at radius 1 is 1.12 bits per heavy atom. The zero-order valence-corrected chi connectivity index (χ0v) is 14.7. The second-order valence-electron chi connectivity index (χ2n) is 5.65. The molecule has 7 heteroatoms. The molecule has 0 aliphatic rings. The first-order valence-electron chi connectivity index (χ1n) is 8.12. The molecule has 7 nitrogen and oxygen atoms in total. The number of rotatable bonds is 7. The van der Waals surface area contributed by atoms with Gasteiger partial charge in [-0.25, -0.2) is 4.68 Å². The van der Waals surface area contributed by atoms with Crippen LogP contribution in [0.4, 0.5) is 0 Å². The molecule has 0 aliphatic carbocycles. The van der Waals surface area contributed by atoms with Crippen molar-refractivity contribution in [3.05, 3.63) is 71.5 Å². The van der Waals surface area contributed by atoms with Crippen LogP contribution >= 0.6 is 0 Å². The molecule has 0 radical (unpaired) electrons. The molecule has 3 rings (SSSR count). The fourth-order valence-electron chi connectivity index (χ4n) is 2.51. The van der Waals surface area contributed by atoms with Crippen molar-refractivity contribution >= 4 is 5.91 Å². The third-order valence-corrected chi connectivity index (χ3v) is 3.89. The summed E-state index contributed by atoms with van der Waals surface area (Å²) in [5.41, 5.74) is 2.21. The van der Waals surface area contributed by atoms with Crippen molar-refractivity contribution in [3.8, 4) is 11.5 Å². The van der Waals surface area contributed by atoms with Gasteiger partial charge in [0.15, 0.2) is 5.69 Å². The second-order valence-corrected chi connectivity index (χ2v) is 5.65. The van der Waals surface area contributed by atoms with E-state index in [1.165, 1.54) is 0 Å². The third-order valence-electron chi connectivity index (χ3n) is 3.89. The molecule has 3 aromatic rings. The zero-order valence-electron chi connectivity index (χ0n) is 14.7. The molecule has 0 spiro atoms. The van der Waals surface area contributed by atoms with Gasteiger partial charge in [-0.2, -0.15) is 0 Å². The van der Waals surface area contributed by atoms with E-state index in [-0.39, 0.29) is 11.6 Å². The molecule has 0 fully saturated rings. The van der Waals surface area contributed by atoms with Crippen LogP contribution in [0.5, 0.6) is 11.5 Å². The molecule has 0 bridgehead atoms. The van der Waals surface area contributed by atoms with Crippen LogP contribution in [0.3, 0.4) is 0 Å². The summed E-state index contributed by atoms with van der Waals surface area (Å²) in [6.45, 7) is 0.880. The molecule has 1 amide bonds. The van der Waals surface area contributed by atoms with Gasteiger partial charge in [-0.05, 0) is 17.7 Å². The Morgan fingerprint density at radius 3 is 2.65 bits per heavy atom. The Morgan fingerprint density at radius 2 is 1.92 bits per heavy atom. The maximum absolute atomic E-state index is 12.3. The van der Waals surface area contributed by atoms with E-state index in [1.807, 2.05) is 42.5 Å². The average molecular weight is 352 g/mol. The van der Waals surface area contributed by atoms with Gasteiger partial charge in [0.2, 0.25) is 0 Å². The lowest BCUT2D eigenvalue weighted by atomic mass is 10.2. The highest BCUT2D eigenvalue weighted by Crippen LogP contribution is 2.24. The summed E-state index contributed by atoms with van der Waals surface area (Å²) in [5.74, 6) is 1.06. The van der Waals surface area contributed by atoms with Crippen LogP contribution in [-0.4, -0.2) is 35.1 Å². The van der Waals surface area contributed by atoms with Gasteiger partial charge in [0.1, 0.15) is 11.5 Å². The predicted molar refractivity (Wildman–Crippen MR) is 96.3 cm³/mol. The predicted octanol–water partition coefficient (Wildman–Crippen LogP) is 2.27. The van der Waals surface area contributed by atoms with Crippen molar-refractivity contribution in [2.45, 2.75) is 13.1 Å². The van der Waals surface area contributed by atoms with Gasteiger partial charge in [-0.1, -0.05) is 35.5 Å². The quantitative estimate of drug-likeness (QED) is 0.706. The number of nitrogens with one attached hydrogen (secondary N) is 1. The lowest BCUT2D eigenvalue weighted by Crippen LogP contribution is -2.23. The van der Waals surface area contributed by atoms with Crippen LogP contribution < -0.4 is 14.8 Å². The van der Waals surface area contributed by atoms with Crippen LogP contribution in [0.1, 0.15) is 21.6 Å². The summed E-state index contributed by atoms with van der Waals surface area (Å²) >= 11 is 0. The number of nitrogens with zero attached hydrogens (tertiary/aromatic N) is 3. The van der Waals surface area contributed by atoms with Crippen molar-refractivity contribution in [2.24, 2.45) is 0 Å². The molecule has 26 heavy (non-hydrogen) atoms. The number of benzene rings is 2. The lowest BCUT2D eigenvalue weighted by molar-refractivity contribution is 0.0945. The van der Waals surface area contributed by atoms with Gasteiger partial charge in [-0.3, -0.25) is 4.79 Å². The van der Waals surface area contributed by atoms with E-state index in [0.29, 0.717) is 24.6 Å². The second kappa shape index (κ2) is 8.15. The van der Waals surface area contributed by atoms with E-state index in [4.69, 9.17) is 9.47 Å². The minimum atomic E-state index is -0.290. The van der Waals surface area contributed by atoms with Crippen LogP contribution in [0.2, 0.25) is 0 Å². The molecule has 0 unspecified atom stereocenters. The molecule has 0 aliphatic heterocycles. The molecule has 2 aromatic carbocycles. The molecular formula is C19H20N4O3. The van der Waals surface area contributed by atoms with E-state index in [0.717, 1.165) is 11.1 Å². The minimum Gasteiger partial charge on any atom is -0.497 e. The van der Waals surface area contributed by atoms with Crippen molar-refractivity contribution < 1.29 is 14.3 Å². The van der Waals surface area contributed by atoms with Gasteiger partial charge in [0.05, 0.1) is 27.0 Å². The largest absolute Gasteiger partial charge is 0.497 e. The minimum absolute atomic E-state index is 0.272. The normalized spacial score (nSPS) is 10.4. The maximum Gasteiger partial charge on any atom is 0.273 e. The number of carbonyl (C=O) groups is 1. The summed E-state index contributed by atoms with van der Waals surface area (Å²) < 4.78 is 12.1. The van der Waals surface area contributed by atoms with Crippen molar-refractivity contribution in [3.63, 3.8) is 0 Å². The number of amides is 1. The van der Waals surface area contributed by atoms with Crippen molar-refractivity contribution in [1.29, 1.82) is 0 Å². The monoisotopic (exact) mass is 352 g/mol. The Labute approximate surface area is 151 Å². The number of methoxy groups -OCH3 is 2. The summed E-state index contributed by atoms with van der Waals surface area (Å²) in [4.78, 5) is 12.3. The van der Waals surface area contributed by atoms with Crippen LogP contribution in [0.15, 0.2) is 54.7 Å². The van der Waals surface area contributed by atoms with Gasteiger partial charge >= 0.3 is 0 Å². The highest BCUT2D eigenvalue weighted by molar-refractivity contribution is 5.91. The number of hydrogen-bond donors (Lipinski definition) is 1. The van der Waals surface area contributed by atoms with Crippen molar-refractivity contribution in [2.75, 3.05) is 14.2 Å². The zero-order chi connectivity index (χ0) is 18.4. The van der Waals surface area contributed by atoms with E-state index in [1.54, 1.807) is 31.2 Å². The maximum atomic E-state index is 12.3. The SMILES string of the molecule is COc1ccc(CNC(=O)c2cn(Cc3ccccc3)nn2)c(OC)c1.